The van der Waals surface area contributed by atoms with Gasteiger partial charge in [0.25, 0.3) is 5.56 Å². The fraction of sp³-hybridized carbons (Fsp3) is 0.476. The summed E-state index contributed by atoms with van der Waals surface area (Å²) in [6, 6.07) is 7.79. The molecule has 166 valence electrons. The predicted molar refractivity (Wildman–Crippen MR) is 118 cm³/mol. The number of ether oxygens (including phenoxy) is 1. The zero-order valence-corrected chi connectivity index (χ0v) is 18.1. The average Bonchev–Trinajstić information content (AvgIpc) is 3.23. The Morgan fingerprint density at radius 3 is 2.48 bits per heavy atom. The minimum Gasteiger partial charge on any atom is -0.495 e. The highest BCUT2D eigenvalue weighted by molar-refractivity contribution is 5.70. The summed E-state index contributed by atoms with van der Waals surface area (Å²) in [6.07, 6.45) is 1.57. The number of aryl methyl sites for hydroxylation is 1. The van der Waals surface area contributed by atoms with Crippen LogP contribution in [0.2, 0.25) is 0 Å². The Bertz CT molecular complexity index is 1190. The Balaban J connectivity index is 1.53. The van der Waals surface area contributed by atoms with E-state index >= 15 is 0 Å². The minimum absolute atomic E-state index is 0.0413. The minimum atomic E-state index is -0.408. The molecule has 1 aliphatic rings. The molecule has 3 heterocycles. The van der Waals surface area contributed by atoms with Gasteiger partial charge in [-0.1, -0.05) is 12.1 Å². The van der Waals surface area contributed by atoms with Crippen molar-refractivity contribution >= 4 is 16.9 Å². The van der Waals surface area contributed by atoms with Crippen LogP contribution in [0.25, 0.3) is 11.2 Å². The Kier molecular flexibility index (Phi) is 5.84. The topological polar surface area (TPSA) is 97.8 Å². The standard InChI is InChI=1S/C21H28N6O4/c1-23-19-18(20(29)24(2)21(23)30)27(14-22-19)12-15(13-28)25-8-10-26(11-9-25)16-6-4-5-7-17(16)31-3/h4-7,14-15,28H,8-13H2,1-3H3. The van der Waals surface area contributed by atoms with Crippen molar-refractivity contribution in [2.24, 2.45) is 14.1 Å². The van der Waals surface area contributed by atoms with Crippen LogP contribution in [-0.4, -0.2) is 74.6 Å². The molecule has 1 aromatic carbocycles. The van der Waals surface area contributed by atoms with Gasteiger partial charge in [0.05, 0.1) is 31.8 Å². The number of hydrogen-bond acceptors (Lipinski definition) is 7. The first kappa shape index (κ1) is 21.1. The smallest absolute Gasteiger partial charge is 0.332 e. The molecular weight excluding hydrogens is 400 g/mol. The Morgan fingerprint density at radius 1 is 1.10 bits per heavy atom. The number of aliphatic hydroxyl groups is 1. The van der Waals surface area contributed by atoms with Crippen LogP contribution in [0.15, 0.2) is 40.2 Å². The van der Waals surface area contributed by atoms with Gasteiger partial charge in [0.2, 0.25) is 0 Å². The van der Waals surface area contributed by atoms with Gasteiger partial charge in [-0.2, -0.15) is 0 Å². The molecule has 1 unspecified atom stereocenters. The van der Waals surface area contributed by atoms with Crippen LogP contribution in [0.1, 0.15) is 0 Å². The summed E-state index contributed by atoms with van der Waals surface area (Å²) in [5.41, 5.74) is 0.999. The summed E-state index contributed by atoms with van der Waals surface area (Å²) in [5.74, 6) is 0.848. The Hall–Kier alpha value is -3.11. The van der Waals surface area contributed by atoms with Gasteiger partial charge in [-0.25, -0.2) is 9.78 Å². The molecule has 0 amide bonds. The highest BCUT2D eigenvalue weighted by Crippen LogP contribution is 2.28. The van der Waals surface area contributed by atoms with E-state index in [2.05, 4.69) is 20.9 Å². The van der Waals surface area contributed by atoms with Gasteiger partial charge in [-0.15, -0.1) is 0 Å². The summed E-state index contributed by atoms with van der Waals surface area (Å²) in [7, 11) is 4.73. The summed E-state index contributed by atoms with van der Waals surface area (Å²) in [6.45, 7) is 3.52. The largest absolute Gasteiger partial charge is 0.495 e. The van der Waals surface area contributed by atoms with Gasteiger partial charge in [-0.05, 0) is 12.1 Å². The molecule has 0 radical (unpaired) electrons. The molecule has 1 N–H and O–H groups in total. The van der Waals surface area contributed by atoms with Crippen molar-refractivity contribution in [1.29, 1.82) is 0 Å². The molecule has 3 aromatic rings. The van der Waals surface area contributed by atoms with Gasteiger partial charge < -0.3 is 19.3 Å². The fourth-order valence-corrected chi connectivity index (χ4v) is 4.27. The number of hydrogen-bond donors (Lipinski definition) is 1. The number of fused-ring (bicyclic) bond motifs is 1. The lowest BCUT2D eigenvalue weighted by Crippen LogP contribution is -2.52. The first-order valence-electron chi connectivity index (χ1n) is 10.3. The third-order valence-corrected chi connectivity index (χ3v) is 6.09. The number of benzene rings is 1. The number of aromatic nitrogens is 4. The second kappa shape index (κ2) is 8.56. The molecule has 0 saturated carbocycles. The fourth-order valence-electron chi connectivity index (χ4n) is 4.27. The quantitative estimate of drug-likeness (QED) is 0.572. The number of piperazine rings is 1. The molecule has 10 heteroatoms. The molecule has 0 aliphatic carbocycles. The highest BCUT2D eigenvalue weighted by Gasteiger charge is 2.26. The lowest BCUT2D eigenvalue weighted by molar-refractivity contribution is 0.105. The van der Waals surface area contributed by atoms with Crippen LogP contribution in [0.3, 0.4) is 0 Å². The van der Waals surface area contributed by atoms with Crippen LogP contribution in [0, 0.1) is 0 Å². The van der Waals surface area contributed by atoms with E-state index < -0.39 is 5.69 Å². The number of imidazole rings is 1. The van der Waals surface area contributed by atoms with Crippen LogP contribution < -0.4 is 20.9 Å². The Morgan fingerprint density at radius 2 is 1.81 bits per heavy atom. The molecule has 4 rings (SSSR count). The first-order valence-corrected chi connectivity index (χ1v) is 10.3. The van der Waals surface area contributed by atoms with E-state index in [1.165, 1.54) is 11.6 Å². The zero-order valence-electron chi connectivity index (χ0n) is 18.1. The van der Waals surface area contributed by atoms with Crippen LogP contribution in [0.5, 0.6) is 5.75 Å². The molecular formula is C21H28N6O4. The number of anilines is 1. The summed E-state index contributed by atoms with van der Waals surface area (Å²) < 4.78 is 9.68. The van der Waals surface area contributed by atoms with E-state index in [0.717, 1.165) is 42.2 Å². The lowest BCUT2D eigenvalue weighted by Gasteiger charge is -2.40. The van der Waals surface area contributed by atoms with E-state index in [9.17, 15) is 14.7 Å². The highest BCUT2D eigenvalue weighted by atomic mass is 16.5. The molecule has 1 atom stereocenters. The van der Waals surface area contributed by atoms with Gasteiger partial charge in [-0.3, -0.25) is 18.8 Å². The van der Waals surface area contributed by atoms with Gasteiger partial charge in [0.15, 0.2) is 11.2 Å². The number of rotatable bonds is 6. The Labute approximate surface area is 179 Å². The van der Waals surface area contributed by atoms with Crippen molar-refractivity contribution in [3.05, 3.63) is 51.4 Å². The van der Waals surface area contributed by atoms with Crippen molar-refractivity contribution in [2.75, 3.05) is 44.8 Å². The summed E-state index contributed by atoms with van der Waals surface area (Å²) in [5, 5.41) is 10.1. The van der Waals surface area contributed by atoms with Gasteiger partial charge in [0.1, 0.15) is 5.75 Å². The number of para-hydroxylation sites is 2. The molecule has 0 spiro atoms. The van der Waals surface area contributed by atoms with Crippen LogP contribution >= 0.6 is 0 Å². The third-order valence-electron chi connectivity index (χ3n) is 6.09. The monoisotopic (exact) mass is 428 g/mol. The second-order valence-corrected chi connectivity index (χ2v) is 7.81. The third kappa shape index (κ3) is 3.72. The molecule has 1 aliphatic heterocycles. The number of aliphatic hydroxyl groups excluding tert-OH is 1. The second-order valence-electron chi connectivity index (χ2n) is 7.81. The van der Waals surface area contributed by atoms with E-state index in [0.29, 0.717) is 17.7 Å². The van der Waals surface area contributed by atoms with E-state index in [-0.39, 0.29) is 18.2 Å². The molecule has 1 fully saturated rings. The summed E-state index contributed by atoms with van der Waals surface area (Å²) in [4.78, 5) is 33.6. The van der Waals surface area contributed by atoms with Gasteiger partial charge in [0, 0.05) is 46.8 Å². The van der Waals surface area contributed by atoms with Crippen molar-refractivity contribution in [3.8, 4) is 5.75 Å². The predicted octanol–water partition coefficient (Wildman–Crippen LogP) is -0.375. The maximum atomic E-state index is 12.7. The molecule has 31 heavy (non-hydrogen) atoms. The van der Waals surface area contributed by atoms with Crippen molar-refractivity contribution in [3.63, 3.8) is 0 Å². The first-order chi connectivity index (χ1) is 15.0. The molecule has 2 aromatic heterocycles. The van der Waals surface area contributed by atoms with Crippen LogP contribution in [0.4, 0.5) is 5.69 Å². The van der Waals surface area contributed by atoms with Crippen molar-refractivity contribution < 1.29 is 9.84 Å². The number of nitrogens with zero attached hydrogens (tertiary/aromatic N) is 6. The lowest BCUT2D eigenvalue weighted by atomic mass is 10.2. The molecule has 10 nitrogen and oxygen atoms in total. The van der Waals surface area contributed by atoms with Crippen molar-refractivity contribution in [1.82, 2.24) is 23.6 Å². The van der Waals surface area contributed by atoms with E-state index in [4.69, 9.17) is 4.74 Å². The van der Waals surface area contributed by atoms with E-state index in [1.807, 2.05) is 18.2 Å². The zero-order chi connectivity index (χ0) is 22.1. The SMILES string of the molecule is COc1ccccc1N1CCN(C(CO)Cn2cnc3c2c(=O)n(C)c(=O)n3C)CC1. The number of methoxy groups -OCH3 is 1. The normalized spacial score (nSPS) is 16.1. The maximum absolute atomic E-state index is 12.7. The average molecular weight is 428 g/mol. The van der Waals surface area contributed by atoms with E-state index in [1.54, 1.807) is 25.1 Å². The van der Waals surface area contributed by atoms with Crippen LogP contribution in [-0.2, 0) is 20.6 Å². The molecule has 1 saturated heterocycles. The van der Waals surface area contributed by atoms with Crippen molar-refractivity contribution in [2.45, 2.75) is 12.6 Å². The van der Waals surface area contributed by atoms with Gasteiger partial charge >= 0.3 is 5.69 Å². The maximum Gasteiger partial charge on any atom is 0.332 e. The molecule has 0 bridgehead atoms. The summed E-state index contributed by atoms with van der Waals surface area (Å²) >= 11 is 0.